The van der Waals surface area contributed by atoms with Gasteiger partial charge < -0.3 is 0 Å². The Morgan fingerprint density at radius 1 is 0.606 bits per heavy atom. The van der Waals surface area contributed by atoms with E-state index in [1.165, 1.54) is 51.4 Å². The van der Waals surface area contributed by atoms with E-state index in [9.17, 15) is 4.39 Å². The van der Waals surface area contributed by atoms with Crippen molar-refractivity contribution in [1.29, 1.82) is 0 Å². The highest BCUT2D eigenvalue weighted by Crippen LogP contribution is 2.46. The zero-order valence-corrected chi connectivity index (χ0v) is 21.5. The molecule has 33 heavy (non-hydrogen) atoms. The van der Waals surface area contributed by atoms with E-state index in [2.05, 4.69) is 13.8 Å². The molecule has 4 saturated carbocycles. The van der Waals surface area contributed by atoms with E-state index in [1.54, 1.807) is 0 Å². The van der Waals surface area contributed by atoms with Crippen LogP contribution in [0.4, 0.5) is 13.2 Å². The molecule has 0 aromatic heterocycles. The van der Waals surface area contributed by atoms with Gasteiger partial charge in [0.15, 0.2) is 0 Å². The van der Waals surface area contributed by atoms with Crippen molar-refractivity contribution in [2.75, 3.05) is 0 Å². The van der Waals surface area contributed by atoms with Crippen LogP contribution < -0.4 is 0 Å². The molecule has 0 saturated heterocycles. The van der Waals surface area contributed by atoms with E-state index in [0.29, 0.717) is 17.8 Å². The van der Waals surface area contributed by atoms with E-state index in [0.717, 1.165) is 75.5 Å². The van der Waals surface area contributed by atoms with E-state index >= 15 is 8.78 Å². The second-order valence-electron chi connectivity index (χ2n) is 12.9. The molecule has 0 radical (unpaired) electrons. The maximum absolute atomic E-state index is 15.0. The zero-order chi connectivity index (χ0) is 23.4. The summed E-state index contributed by atoms with van der Waals surface area (Å²) in [6.07, 6.45) is 15.7. The molecule has 4 aliphatic carbocycles. The average molecular weight is 469 g/mol. The fourth-order valence-corrected chi connectivity index (χ4v) is 8.45. The van der Waals surface area contributed by atoms with Crippen molar-refractivity contribution in [3.8, 4) is 0 Å². The first-order valence-electron chi connectivity index (χ1n) is 14.9. The molecule has 0 spiro atoms. The van der Waals surface area contributed by atoms with Crippen molar-refractivity contribution in [3.05, 3.63) is 0 Å². The van der Waals surface area contributed by atoms with Crippen molar-refractivity contribution in [2.45, 2.75) is 142 Å². The highest BCUT2D eigenvalue weighted by molar-refractivity contribution is 4.92. The molecule has 0 aromatic carbocycles. The van der Waals surface area contributed by atoms with Crippen molar-refractivity contribution >= 4 is 0 Å². The van der Waals surface area contributed by atoms with Crippen LogP contribution in [-0.4, -0.2) is 18.5 Å². The normalized spacial score (nSPS) is 47.4. The number of hydrogen-bond donors (Lipinski definition) is 0. The van der Waals surface area contributed by atoms with Crippen LogP contribution in [0.5, 0.6) is 0 Å². The number of hydrogen-bond acceptors (Lipinski definition) is 0. The molecule has 3 heteroatoms. The first kappa shape index (κ1) is 25.9. The van der Waals surface area contributed by atoms with E-state index in [-0.39, 0.29) is 11.8 Å². The average Bonchev–Trinajstić information content (AvgIpc) is 2.83. The van der Waals surface area contributed by atoms with Crippen LogP contribution in [0.2, 0.25) is 0 Å². The van der Waals surface area contributed by atoms with Crippen LogP contribution in [0, 0.1) is 47.3 Å². The van der Waals surface area contributed by atoms with Gasteiger partial charge in [0.05, 0.1) is 0 Å². The molecule has 0 N–H and O–H groups in total. The van der Waals surface area contributed by atoms with Gasteiger partial charge in [-0.25, -0.2) is 13.2 Å². The fourth-order valence-electron chi connectivity index (χ4n) is 8.45. The van der Waals surface area contributed by atoms with Crippen LogP contribution in [-0.2, 0) is 0 Å². The molecule has 0 bridgehead atoms. The molecular formula is C30H51F3. The van der Waals surface area contributed by atoms with Gasteiger partial charge >= 0.3 is 0 Å². The third kappa shape index (κ3) is 6.52. The first-order valence-corrected chi connectivity index (χ1v) is 14.9. The molecule has 4 fully saturated rings. The Hall–Kier alpha value is -0.210. The minimum Gasteiger partial charge on any atom is -0.247 e. The van der Waals surface area contributed by atoms with Crippen molar-refractivity contribution in [1.82, 2.24) is 0 Å². The predicted octanol–water partition coefficient (Wildman–Crippen LogP) is 9.66. The molecule has 4 rings (SSSR count). The zero-order valence-electron chi connectivity index (χ0n) is 21.5. The van der Waals surface area contributed by atoms with Gasteiger partial charge in [-0.3, -0.25) is 0 Å². The summed E-state index contributed by atoms with van der Waals surface area (Å²) >= 11 is 0. The third-order valence-electron chi connectivity index (χ3n) is 10.9. The molecule has 0 aromatic rings. The first-order chi connectivity index (χ1) is 16.0. The third-order valence-corrected chi connectivity index (χ3v) is 10.9. The lowest BCUT2D eigenvalue weighted by Crippen LogP contribution is -2.42. The second kappa shape index (κ2) is 12.2. The van der Waals surface area contributed by atoms with E-state index < -0.39 is 18.5 Å². The number of rotatable bonds is 7. The highest BCUT2D eigenvalue weighted by atomic mass is 19.2. The summed E-state index contributed by atoms with van der Waals surface area (Å²) in [7, 11) is 0. The summed E-state index contributed by atoms with van der Waals surface area (Å²) in [5.41, 5.74) is 0. The van der Waals surface area contributed by atoms with Gasteiger partial charge in [0.25, 0.3) is 0 Å². The van der Waals surface area contributed by atoms with Crippen LogP contribution in [0.15, 0.2) is 0 Å². The van der Waals surface area contributed by atoms with Gasteiger partial charge in [-0.05, 0) is 112 Å². The standard InChI is InChI=1S/C30H51F3/c1-3-22-15-16-26(19-28(22)31)23-13-9-21(10-14-23)5-4-6-25-17-18-27(30(33)29(25)32)24-11-7-20(2)8-12-24/h20-30H,3-19H2,1-2H3. The molecule has 192 valence electrons. The summed E-state index contributed by atoms with van der Waals surface area (Å²) in [5, 5.41) is 0. The number of halogens is 3. The predicted molar refractivity (Wildman–Crippen MR) is 132 cm³/mol. The molecule has 0 heterocycles. The summed E-state index contributed by atoms with van der Waals surface area (Å²) in [5.74, 6) is 3.54. The Morgan fingerprint density at radius 2 is 1.24 bits per heavy atom. The maximum Gasteiger partial charge on any atom is 0.134 e. The molecule has 0 nitrogen and oxygen atoms in total. The SMILES string of the molecule is CCC1CCC(C2CCC(CCCC3CCC(C4CCC(C)CC4)C(F)C3F)CC2)CC1F. The van der Waals surface area contributed by atoms with Crippen LogP contribution >= 0.6 is 0 Å². The van der Waals surface area contributed by atoms with Crippen molar-refractivity contribution in [3.63, 3.8) is 0 Å². The summed E-state index contributed by atoms with van der Waals surface area (Å²) < 4.78 is 44.5. The molecular weight excluding hydrogens is 417 g/mol. The Bertz CT molecular complexity index is 563. The quantitative estimate of drug-likeness (QED) is 0.349. The summed E-state index contributed by atoms with van der Waals surface area (Å²) in [4.78, 5) is 0. The molecule has 0 amide bonds. The minimum absolute atomic E-state index is 0.0182. The Morgan fingerprint density at radius 3 is 1.91 bits per heavy atom. The lowest BCUT2D eigenvalue weighted by Gasteiger charge is -2.41. The van der Waals surface area contributed by atoms with Crippen molar-refractivity contribution in [2.24, 2.45) is 47.3 Å². The second-order valence-corrected chi connectivity index (χ2v) is 12.9. The molecule has 4 aliphatic rings. The van der Waals surface area contributed by atoms with Gasteiger partial charge in [0.2, 0.25) is 0 Å². The number of alkyl halides is 3. The monoisotopic (exact) mass is 468 g/mol. The molecule has 0 aliphatic heterocycles. The minimum atomic E-state index is -1.23. The fraction of sp³-hybridized carbons (Fsp3) is 1.00. The van der Waals surface area contributed by atoms with Gasteiger partial charge in [-0.2, -0.15) is 0 Å². The Kier molecular flexibility index (Phi) is 9.53. The largest absolute Gasteiger partial charge is 0.247 e. The topological polar surface area (TPSA) is 0 Å². The molecule has 7 atom stereocenters. The van der Waals surface area contributed by atoms with Crippen molar-refractivity contribution < 1.29 is 13.2 Å². The maximum atomic E-state index is 15.0. The van der Waals surface area contributed by atoms with E-state index in [4.69, 9.17) is 0 Å². The molecule has 7 unspecified atom stereocenters. The summed E-state index contributed by atoms with van der Waals surface area (Å²) in [6, 6.07) is 0. The van der Waals surface area contributed by atoms with Crippen LogP contribution in [0.25, 0.3) is 0 Å². The van der Waals surface area contributed by atoms with Crippen LogP contribution in [0.1, 0.15) is 123 Å². The Balaban J connectivity index is 1.13. The lowest BCUT2D eigenvalue weighted by molar-refractivity contribution is -0.0143. The van der Waals surface area contributed by atoms with Gasteiger partial charge in [0, 0.05) is 0 Å². The smallest absolute Gasteiger partial charge is 0.134 e. The van der Waals surface area contributed by atoms with Gasteiger partial charge in [-0.15, -0.1) is 0 Å². The highest BCUT2D eigenvalue weighted by Gasteiger charge is 2.43. The van der Waals surface area contributed by atoms with Gasteiger partial charge in [0.1, 0.15) is 18.5 Å². The van der Waals surface area contributed by atoms with Crippen LogP contribution in [0.3, 0.4) is 0 Å². The Labute approximate surface area is 202 Å². The van der Waals surface area contributed by atoms with Gasteiger partial charge in [-0.1, -0.05) is 58.8 Å². The van der Waals surface area contributed by atoms with E-state index in [1.807, 2.05) is 0 Å². The lowest BCUT2D eigenvalue weighted by atomic mass is 9.66. The summed E-state index contributed by atoms with van der Waals surface area (Å²) in [6.45, 7) is 4.42.